The standard InChI is InChI=1S/C18H28N2O/c1-14(2)20(13-17-5-4-12-19-17)18(21)11-10-16-8-6-15(3)7-9-16/h6-9,14,17,19H,4-5,10-13H2,1-3H3. The minimum Gasteiger partial charge on any atom is -0.339 e. The van der Waals surface area contributed by atoms with Crippen LogP contribution in [0.25, 0.3) is 0 Å². The lowest BCUT2D eigenvalue weighted by molar-refractivity contribution is -0.133. The van der Waals surface area contributed by atoms with Crippen molar-refractivity contribution in [2.75, 3.05) is 13.1 Å². The Balaban J connectivity index is 1.87. The molecular weight excluding hydrogens is 260 g/mol. The summed E-state index contributed by atoms with van der Waals surface area (Å²) in [6.45, 7) is 8.25. The minimum atomic E-state index is 0.276. The normalized spacial score (nSPS) is 18.2. The van der Waals surface area contributed by atoms with Crippen LogP contribution in [0.1, 0.15) is 44.2 Å². The summed E-state index contributed by atoms with van der Waals surface area (Å²) < 4.78 is 0. The fourth-order valence-electron chi connectivity index (χ4n) is 2.90. The van der Waals surface area contributed by atoms with Crippen molar-refractivity contribution in [3.8, 4) is 0 Å². The van der Waals surface area contributed by atoms with Crippen molar-refractivity contribution in [1.82, 2.24) is 10.2 Å². The molecule has 2 rings (SSSR count). The van der Waals surface area contributed by atoms with Crippen LogP contribution in [0.5, 0.6) is 0 Å². The van der Waals surface area contributed by atoms with Gasteiger partial charge < -0.3 is 10.2 Å². The number of nitrogens with zero attached hydrogens (tertiary/aromatic N) is 1. The first-order valence-corrected chi connectivity index (χ1v) is 8.14. The number of amides is 1. The van der Waals surface area contributed by atoms with Crippen LogP contribution in [0, 0.1) is 6.92 Å². The van der Waals surface area contributed by atoms with E-state index in [0.717, 1.165) is 19.5 Å². The maximum Gasteiger partial charge on any atom is 0.223 e. The summed E-state index contributed by atoms with van der Waals surface area (Å²) in [6.07, 6.45) is 3.86. The molecule has 1 heterocycles. The Morgan fingerprint density at radius 2 is 2.05 bits per heavy atom. The number of hydrogen-bond acceptors (Lipinski definition) is 2. The number of aryl methyl sites for hydroxylation is 2. The highest BCUT2D eigenvalue weighted by Crippen LogP contribution is 2.12. The smallest absolute Gasteiger partial charge is 0.223 e. The first-order chi connectivity index (χ1) is 10.1. The van der Waals surface area contributed by atoms with E-state index >= 15 is 0 Å². The van der Waals surface area contributed by atoms with Gasteiger partial charge in [-0.25, -0.2) is 0 Å². The van der Waals surface area contributed by atoms with Gasteiger partial charge in [0.15, 0.2) is 0 Å². The molecule has 21 heavy (non-hydrogen) atoms. The summed E-state index contributed by atoms with van der Waals surface area (Å²) in [5.74, 6) is 0.277. The van der Waals surface area contributed by atoms with Crippen LogP contribution in [-0.4, -0.2) is 36.0 Å². The zero-order chi connectivity index (χ0) is 15.2. The molecule has 1 aromatic carbocycles. The average Bonchev–Trinajstić information content (AvgIpc) is 2.96. The molecule has 1 aliphatic rings. The maximum absolute atomic E-state index is 12.5. The third kappa shape index (κ3) is 4.85. The van der Waals surface area contributed by atoms with Crippen molar-refractivity contribution in [3.05, 3.63) is 35.4 Å². The lowest BCUT2D eigenvalue weighted by Gasteiger charge is -2.29. The molecular formula is C18H28N2O. The fourth-order valence-corrected chi connectivity index (χ4v) is 2.90. The zero-order valence-corrected chi connectivity index (χ0v) is 13.6. The van der Waals surface area contributed by atoms with Gasteiger partial charge in [0.25, 0.3) is 0 Å². The summed E-state index contributed by atoms with van der Waals surface area (Å²) in [5, 5.41) is 3.48. The third-order valence-electron chi connectivity index (χ3n) is 4.27. The zero-order valence-electron chi connectivity index (χ0n) is 13.6. The Morgan fingerprint density at radius 3 is 2.62 bits per heavy atom. The van der Waals surface area contributed by atoms with Gasteiger partial charge in [-0.05, 0) is 52.1 Å². The fraction of sp³-hybridized carbons (Fsp3) is 0.611. The van der Waals surface area contributed by atoms with Crippen LogP contribution < -0.4 is 5.32 Å². The van der Waals surface area contributed by atoms with E-state index in [4.69, 9.17) is 0 Å². The van der Waals surface area contributed by atoms with Crippen molar-refractivity contribution in [2.24, 2.45) is 0 Å². The van der Waals surface area contributed by atoms with Gasteiger partial charge in [0.05, 0.1) is 0 Å². The van der Waals surface area contributed by atoms with E-state index in [0.29, 0.717) is 12.5 Å². The summed E-state index contributed by atoms with van der Waals surface area (Å²) in [4.78, 5) is 14.5. The van der Waals surface area contributed by atoms with Gasteiger partial charge in [-0.15, -0.1) is 0 Å². The average molecular weight is 288 g/mol. The summed E-state index contributed by atoms with van der Waals surface area (Å²) in [7, 11) is 0. The highest BCUT2D eigenvalue weighted by atomic mass is 16.2. The summed E-state index contributed by atoms with van der Waals surface area (Å²) in [5.41, 5.74) is 2.51. The van der Waals surface area contributed by atoms with E-state index in [2.05, 4.69) is 50.4 Å². The van der Waals surface area contributed by atoms with Gasteiger partial charge in [0.1, 0.15) is 0 Å². The lowest BCUT2D eigenvalue weighted by Crippen LogP contribution is -2.44. The number of carbonyl (C=O) groups is 1. The van der Waals surface area contributed by atoms with Crippen LogP contribution >= 0.6 is 0 Å². The van der Waals surface area contributed by atoms with E-state index in [1.807, 2.05) is 4.90 Å². The number of nitrogens with one attached hydrogen (secondary N) is 1. The number of carbonyl (C=O) groups excluding carboxylic acids is 1. The molecule has 3 heteroatoms. The Kier molecular flexibility index (Phi) is 5.80. The predicted octanol–water partition coefficient (Wildman–Crippen LogP) is 2.92. The van der Waals surface area contributed by atoms with Crippen molar-refractivity contribution in [3.63, 3.8) is 0 Å². The van der Waals surface area contributed by atoms with Gasteiger partial charge in [-0.1, -0.05) is 29.8 Å². The second kappa shape index (κ2) is 7.60. The molecule has 0 radical (unpaired) electrons. The summed E-state index contributed by atoms with van der Waals surface area (Å²) >= 11 is 0. The quantitative estimate of drug-likeness (QED) is 0.873. The van der Waals surface area contributed by atoms with E-state index in [-0.39, 0.29) is 11.9 Å². The van der Waals surface area contributed by atoms with E-state index < -0.39 is 0 Å². The Morgan fingerprint density at radius 1 is 1.33 bits per heavy atom. The molecule has 0 aromatic heterocycles. The molecule has 3 nitrogen and oxygen atoms in total. The highest BCUT2D eigenvalue weighted by molar-refractivity contribution is 5.76. The van der Waals surface area contributed by atoms with Crippen molar-refractivity contribution >= 4 is 5.91 Å². The maximum atomic E-state index is 12.5. The van der Waals surface area contributed by atoms with Crippen LogP contribution in [0.3, 0.4) is 0 Å². The number of rotatable bonds is 6. The van der Waals surface area contributed by atoms with Crippen LogP contribution in [0.15, 0.2) is 24.3 Å². The summed E-state index contributed by atoms with van der Waals surface area (Å²) in [6, 6.07) is 9.24. The molecule has 0 spiro atoms. The molecule has 1 fully saturated rings. The topological polar surface area (TPSA) is 32.3 Å². The first kappa shape index (κ1) is 16.0. The molecule has 1 unspecified atom stereocenters. The monoisotopic (exact) mass is 288 g/mol. The molecule has 1 N–H and O–H groups in total. The van der Waals surface area contributed by atoms with Crippen molar-refractivity contribution < 1.29 is 4.79 Å². The SMILES string of the molecule is Cc1ccc(CCC(=O)N(CC2CCCN2)C(C)C)cc1. The molecule has 1 aliphatic heterocycles. The molecule has 1 amide bonds. The Bertz CT molecular complexity index is 447. The predicted molar refractivity (Wildman–Crippen MR) is 87.4 cm³/mol. The Hall–Kier alpha value is -1.35. The van der Waals surface area contributed by atoms with Crippen LogP contribution in [-0.2, 0) is 11.2 Å². The molecule has 1 aromatic rings. The largest absolute Gasteiger partial charge is 0.339 e. The van der Waals surface area contributed by atoms with Crippen molar-refractivity contribution in [2.45, 2.75) is 58.5 Å². The molecule has 116 valence electrons. The van der Waals surface area contributed by atoms with E-state index in [9.17, 15) is 4.79 Å². The third-order valence-corrected chi connectivity index (χ3v) is 4.27. The lowest BCUT2D eigenvalue weighted by atomic mass is 10.1. The second-order valence-electron chi connectivity index (χ2n) is 6.42. The molecule has 1 saturated heterocycles. The Labute approximate surface area is 128 Å². The van der Waals surface area contributed by atoms with Gasteiger partial charge in [0.2, 0.25) is 5.91 Å². The van der Waals surface area contributed by atoms with Gasteiger partial charge >= 0.3 is 0 Å². The first-order valence-electron chi connectivity index (χ1n) is 8.14. The molecule has 1 atom stereocenters. The van der Waals surface area contributed by atoms with Gasteiger partial charge in [-0.2, -0.15) is 0 Å². The van der Waals surface area contributed by atoms with Crippen LogP contribution in [0.4, 0.5) is 0 Å². The molecule has 0 bridgehead atoms. The number of hydrogen-bond donors (Lipinski definition) is 1. The number of benzene rings is 1. The van der Waals surface area contributed by atoms with E-state index in [1.165, 1.54) is 24.0 Å². The minimum absolute atomic E-state index is 0.276. The van der Waals surface area contributed by atoms with E-state index in [1.54, 1.807) is 0 Å². The van der Waals surface area contributed by atoms with Gasteiger partial charge in [-0.3, -0.25) is 4.79 Å². The molecule has 0 saturated carbocycles. The van der Waals surface area contributed by atoms with Crippen LogP contribution in [0.2, 0.25) is 0 Å². The second-order valence-corrected chi connectivity index (χ2v) is 6.42. The van der Waals surface area contributed by atoms with Gasteiger partial charge in [0, 0.05) is 25.0 Å². The van der Waals surface area contributed by atoms with Crippen molar-refractivity contribution in [1.29, 1.82) is 0 Å². The molecule has 0 aliphatic carbocycles. The highest BCUT2D eigenvalue weighted by Gasteiger charge is 2.23.